The van der Waals surface area contributed by atoms with Crippen LogP contribution in [0.2, 0.25) is 0 Å². The van der Waals surface area contributed by atoms with Gasteiger partial charge >= 0.3 is 12.1 Å². The quantitative estimate of drug-likeness (QED) is 0.879. The number of ether oxygens (including phenoxy) is 1. The number of carbonyl (C=O) groups is 1. The van der Waals surface area contributed by atoms with Crippen molar-refractivity contribution in [3.8, 4) is 17.0 Å². The van der Waals surface area contributed by atoms with Crippen molar-refractivity contribution in [1.82, 2.24) is 9.55 Å². The Morgan fingerprint density at radius 2 is 2.14 bits per heavy atom. The second-order valence-corrected chi connectivity index (χ2v) is 4.52. The predicted octanol–water partition coefficient (Wildman–Crippen LogP) is 2.66. The van der Waals surface area contributed by atoms with Gasteiger partial charge in [0.15, 0.2) is 0 Å². The molecule has 1 aliphatic rings. The fraction of sp³-hybridized carbons (Fsp3) is 0.231. The maximum Gasteiger partial charge on any atom is 0.420 e. The molecule has 0 saturated heterocycles. The fourth-order valence-corrected chi connectivity index (χ4v) is 2.28. The number of fused-ring (bicyclic) bond motifs is 3. The normalized spacial score (nSPS) is 13.9. The molecule has 0 saturated carbocycles. The molecule has 110 valence electrons. The summed E-state index contributed by atoms with van der Waals surface area (Å²) in [7, 11) is 0. The van der Waals surface area contributed by atoms with Gasteiger partial charge in [-0.05, 0) is 12.1 Å². The molecule has 21 heavy (non-hydrogen) atoms. The van der Waals surface area contributed by atoms with Crippen LogP contribution in [0.3, 0.4) is 0 Å². The molecule has 1 aromatic heterocycles. The first-order valence-electron chi connectivity index (χ1n) is 6.00. The third-order valence-corrected chi connectivity index (χ3v) is 3.21. The highest BCUT2D eigenvalue weighted by atomic mass is 19.4. The number of nitrogens with zero attached hydrogens (tertiary/aromatic N) is 2. The van der Waals surface area contributed by atoms with Crippen molar-refractivity contribution in [3.63, 3.8) is 0 Å². The minimum atomic E-state index is -4.70. The van der Waals surface area contributed by atoms with Gasteiger partial charge in [-0.25, -0.2) is 9.78 Å². The number of carboxylic acid groups (broad SMARTS) is 1. The molecule has 0 spiro atoms. The molecule has 8 heteroatoms. The van der Waals surface area contributed by atoms with Gasteiger partial charge in [-0.15, -0.1) is 0 Å². The number of aromatic nitrogens is 2. The van der Waals surface area contributed by atoms with Gasteiger partial charge in [-0.3, -0.25) is 0 Å². The number of carboxylic acids is 1. The first-order chi connectivity index (χ1) is 9.88. The minimum Gasteiger partial charge on any atom is -0.490 e. The summed E-state index contributed by atoms with van der Waals surface area (Å²) in [5, 5.41) is 9.01. The first kappa shape index (κ1) is 13.5. The van der Waals surface area contributed by atoms with Crippen LogP contribution in [0.25, 0.3) is 11.3 Å². The number of alkyl halides is 3. The van der Waals surface area contributed by atoms with Gasteiger partial charge < -0.3 is 14.4 Å². The number of hydrogen-bond acceptors (Lipinski definition) is 3. The topological polar surface area (TPSA) is 64.3 Å². The average molecular weight is 298 g/mol. The number of imidazole rings is 1. The van der Waals surface area contributed by atoms with Crippen molar-refractivity contribution in [2.45, 2.75) is 12.7 Å². The first-order valence-corrected chi connectivity index (χ1v) is 6.00. The van der Waals surface area contributed by atoms with E-state index in [1.54, 1.807) is 4.57 Å². The summed E-state index contributed by atoms with van der Waals surface area (Å²) in [5.74, 6) is -1.79. The number of benzene rings is 1. The van der Waals surface area contributed by atoms with Gasteiger partial charge in [0.05, 0.1) is 35.9 Å². The molecule has 2 heterocycles. The largest absolute Gasteiger partial charge is 0.490 e. The molecule has 2 aromatic rings. The standard InChI is InChI=1S/C13H9F3N2O3/c14-13(15,16)9-4-7(12(19)20)3-8-10-5-17-6-18(10)1-2-21-11(8)9/h3-6H,1-2H2,(H,19,20). The smallest absolute Gasteiger partial charge is 0.420 e. The summed E-state index contributed by atoms with van der Waals surface area (Å²) in [6, 6.07) is 1.76. The zero-order chi connectivity index (χ0) is 15.2. The van der Waals surface area contributed by atoms with Crippen LogP contribution in [0.15, 0.2) is 24.7 Å². The average Bonchev–Trinajstić information content (AvgIpc) is 2.78. The van der Waals surface area contributed by atoms with E-state index in [1.807, 2.05) is 0 Å². The monoisotopic (exact) mass is 298 g/mol. The Hall–Kier alpha value is -2.51. The Labute approximate surface area is 116 Å². The van der Waals surface area contributed by atoms with E-state index in [2.05, 4.69) is 4.98 Å². The third-order valence-electron chi connectivity index (χ3n) is 3.21. The maximum atomic E-state index is 13.2. The molecule has 0 amide bonds. The van der Waals surface area contributed by atoms with E-state index in [0.717, 1.165) is 0 Å². The van der Waals surface area contributed by atoms with Crippen molar-refractivity contribution in [1.29, 1.82) is 0 Å². The predicted molar refractivity (Wildman–Crippen MR) is 65.1 cm³/mol. The zero-order valence-corrected chi connectivity index (χ0v) is 10.5. The van der Waals surface area contributed by atoms with Gasteiger partial charge in [0.25, 0.3) is 0 Å². The van der Waals surface area contributed by atoms with Gasteiger partial charge in [0, 0.05) is 5.56 Å². The third kappa shape index (κ3) is 2.22. The van der Waals surface area contributed by atoms with Crippen molar-refractivity contribution in [2.75, 3.05) is 6.61 Å². The van der Waals surface area contributed by atoms with Crippen molar-refractivity contribution >= 4 is 5.97 Å². The second-order valence-electron chi connectivity index (χ2n) is 4.52. The Morgan fingerprint density at radius 3 is 2.81 bits per heavy atom. The summed E-state index contributed by atoms with van der Waals surface area (Å²) < 4.78 is 46.3. The summed E-state index contributed by atoms with van der Waals surface area (Å²) in [6.07, 6.45) is -1.85. The number of aromatic carboxylic acids is 1. The second kappa shape index (κ2) is 4.51. The Morgan fingerprint density at radius 1 is 1.38 bits per heavy atom. The summed E-state index contributed by atoms with van der Waals surface area (Å²) in [4.78, 5) is 15.0. The van der Waals surface area contributed by atoms with E-state index in [4.69, 9.17) is 9.84 Å². The molecule has 3 rings (SSSR count). The maximum absolute atomic E-state index is 13.2. The lowest BCUT2D eigenvalue weighted by molar-refractivity contribution is -0.138. The molecule has 0 atom stereocenters. The van der Waals surface area contributed by atoms with Gasteiger partial charge in [-0.1, -0.05) is 0 Å². The van der Waals surface area contributed by atoms with Crippen LogP contribution in [-0.4, -0.2) is 27.2 Å². The van der Waals surface area contributed by atoms with E-state index in [1.165, 1.54) is 18.6 Å². The molecule has 0 bridgehead atoms. The molecule has 0 fully saturated rings. The van der Waals surface area contributed by atoms with E-state index in [9.17, 15) is 18.0 Å². The van der Waals surface area contributed by atoms with Crippen LogP contribution in [0, 0.1) is 0 Å². The van der Waals surface area contributed by atoms with Crippen molar-refractivity contribution in [2.24, 2.45) is 0 Å². The zero-order valence-electron chi connectivity index (χ0n) is 10.5. The lowest BCUT2D eigenvalue weighted by Gasteiger charge is -2.16. The summed E-state index contributed by atoms with van der Waals surface area (Å²) >= 11 is 0. The van der Waals surface area contributed by atoms with Gasteiger partial charge in [-0.2, -0.15) is 13.2 Å². The molecule has 1 aliphatic heterocycles. The highest BCUT2D eigenvalue weighted by Crippen LogP contribution is 2.43. The van der Waals surface area contributed by atoms with Crippen LogP contribution >= 0.6 is 0 Å². The molecule has 0 unspecified atom stereocenters. The van der Waals surface area contributed by atoms with Gasteiger partial charge in [0.2, 0.25) is 0 Å². The van der Waals surface area contributed by atoms with Crippen molar-refractivity contribution < 1.29 is 27.8 Å². The molecular formula is C13H9F3N2O3. The van der Waals surface area contributed by atoms with Crippen LogP contribution in [0.5, 0.6) is 5.75 Å². The van der Waals surface area contributed by atoms with Crippen molar-refractivity contribution in [3.05, 3.63) is 35.8 Å². The Balaban J connectivity index is 2.34. The van der Waals surface area contributed by atoms with E-state index < -0.39 is 23.3 Å². The molecule has 0 radical (unpaired) electrons. The molecule has 0 aliphatic carbocycles. The van der Waals surface area contributed by atoms with E-state index >= 15 is 0 Å². The highest BCUT2D eigenvalue weighted by molar-refractivity contribution is 5.91. The fourth-order valence-electron chi connectivity index (χ4n) is 2.28. The Bertz CT molecular complexity index is 722. The van der Waals surface area contributed by atoms with E-state index in [0.29, 0.717) is 18.3 Å². The number of hydrogen-bond donors (Lipinski definition) is 1. The highest BCUT2D eigenvalue weighted by Gasteiger charge is 2.38. The molecular weight excluding hydrogens is 289 g/mol. The van der Waals surface area contributed by atoms with Crippen LogP contribution in [0.1, 0.15) is 15.9 Å². The SMILES string of the molecule is O=C(O)c1cc2c(c(C(F)(F)F)c1)OCCn1cncc1-2. The molecule has 1 N–H and O–H groups in total. The molecule has 5 nitrogen and oxygen atoms in total. The summed E-state index contributed by atoms with van der Waals surface area (Å²) in [6.45, 7) is 0.384. The van der Waals surface area contributed by atoms with Gasteiger partial charge in [0.1, 0.15) is 12.4 Å². The lowest BCUT2D eigenvalue weighted by atomic mass is 10.0. The minimum absolute atomic E-state index is 0.0475. The lowest BCUT2D eigenvalue weighted by Crippen LogP contribution is -2.12. The van der Waals surface area contributed by atoms with Crippen LogP contribution in [0.4, 0.5) is 13.2 Å². The summed E-state index contributed by atoms with van der Waals surface area (Å²) in [5.41, 5.74) is -1.06. The van der Waals surface area contributed by atoms with E-state index in [-0.39, 0.29) is 17.9 Å². The van der Waals surface area contributed by atoms with Crippen LogP contribution in [-0.2, 0) is 12.7 Å². The number of halogens is 3. The molecule has 1 aromatic carbocycles. The number of rotatable bonds is 1. The Kier molecular flexibility index (Phi) is 2.89. The van der Waals surface area contributed by atoms with Crippen LogP contribution < -0.4 is 4.74 Å².